The normalized spacial score (nSPS) is 18.5. The first kappa shape index (κ1) is 18.1. The highest BCUT2D eigenvalue weighted by Crippen LogP contribution is 2.24. The van der Waals surface area contributed by atoms with Gasteiger partial charge in [0, 0.05) is 31.6 Å². The second-order valence-corrected chi connectivity index (χ2v) is 7.10. The summed E-state index contributed by atoms with van der Waals surface area (Å²) in [6.07, 6.45) is 5.09. The molecule has 0 N–H and O–H groups in total. The molecular formula is C17H26N2O3S. The number of rotatable bonds is 7. The molecule has 1 unspecified atom stereocenters. The fourth-order valence-electron chi connectivity index (χ4n) is 2.72. The first-order valence-corrected chi connectivity index (χ1v) is 9.28. The minimum absolute atomic E-state index is 0.0223. The van der Waals surface area contributed by atoms with Gasteiger partial charge in [0.1, 0.15) is 12.2 Å². The van der Waals surface area contributed by atoms with Gasteiger partial charge in [0.15, 0.2) is 0 Å². The van der Waals surface area contributed by atoms with E-state index in [0.717, 1.165) is 25.3 Å². The van der Waals surface area contributed by atoms with Crippen molar-refractivity contribution in [2.45, 2.75) is 31.4 Å². The van der Waals surface area contributed by atoms with Crippen LogP contribution in [0.25, 0.3) is 0 Å². The molecule has 1 aromatic rings. The van der Waals surface area contributed by atoms with Crippen LogP contribution in [-0.2, 0) is 4.74 Å². The van der Waals surface area contributed by atoms with Gasteiger partial charge in [-0.1, -0.05) is 13.3 Å². The zero-order chi connectivity index (χ0) is 16.5. The van der Waals surface area contributed by atoms with Crippen LogP contribution in [0.3, 0.4) is 0 Å². The molecule has 1 aliphatic heterocycles. The Balaban J connectivity index is 2.08. The molecule has 1 saturated heterocycles. The topological polar surface area (TPSA) is 51.7 Å². The van der Waals surface area contributed by atoms with E-state index >= 15 is 0 Å². The molecule has 1 aliphatic rings. The zero-order valence-electron chi connectivity index (χ0n) is 14.0. The molecule has 0 aliphatic carbocycles. The van der Waals surface area contributed by atoms with E-state index in [1.54, 1.807) is 25.4 Å². The van der Waals surface area contributed by atoms with E-state index in [0.29, 0.717) is 29.9 Å². The van der Waals surface area contributed by atoms with Crippen LogP contribution in [0, 0.1) is 0 Å². The predicted octanol–water partition coefficient (Wildman–Crippen LogP) is 2.85. The Hall–Kier alpha value is -1.27. The van der Waals surface area contributed by atoms with Crippen molar-refractivity contribution in [1.29, 1.82) is 0 Å². The van der Waals surface area contributed by atoms with E-state index < -0.39 is 0 Å². The Kier molecular flexibility index (Phi) is 7.68. The monoisotopic (exact) mass is 338 g/mol. The number of aromatic nitrogens is 1. The van der Waals surface area contributed by atoms with Gasteiger partial charge in [-0.25, -0.2) is 4.98 Å². The van der Waals surface area contributed by atoms with Crippen LogP contribution in [0.4, 0.5) is 0 Å². The molecule has 0 saturated carbocycles. The second kappa shape index (κ2) is 9.78. The molecule has 0 bridgehead atoms. The van der Waals surface area contributed by atoms with Crippen molar-refractivity contribution < 1.29 is 14.3 Å². The first-order chi connectivity index (χ1) is 11.3. The van der Waals surface area contributed by atoms with E-state index in [1.807, 2.05) is 16.7 Å². The number of hydrogen-bond acceptors (Lipinski definition) is 5. The maximum Gasteiger partial charge on any atom is 0.259 e. The number of methoxy groups -OCH3 is 1. The third-order valence-corrected chi connectivity index (χ3v) is 5.04. The Morgan fingerprint density at radius 2 is 2.30 bits per heavy atom. The van der Waals surface area contributed by atoms with Crippen LogP contribution in [-0.4, -0.2) is 60.2 Å². The van der Waals surface area contributed by atoms with Gasteiger partial charge in [-0.05, 0) is 30.7 Å². The number of carbonyl (C=O) groups is 1. The lowest BCUT2D eigenvalue weighted by Gasteiger charge is -2.24. The third kappa shape index (κ3) is 5.39. The van der Waals surface area contributed by atoms with Crippen LogP contribution >= 0.6 is 11.8 Å². The SMILES string of the molecule is CCSC1CCCCN(C(=O)c2cccnc2OCCOC)C1. The summed E-state index contributed by atoms with van der Waals surface area (Å²) in [7, 11) is 1.62. The molecule has 1 amide bonds. The Morgan fingerprint density at radius 1 is 1.43 bits per heavy atom. The van der Waals surface area contributed by atoms with Crippen molar-refractivity contribution in [2.24, 2.45) is 0 Å². The van der Waals surface area contributed by atoms with Gasteiger partial charge in [-0.15, -0.1) is 0 Å². The minimum atomic E-state index is 0.0223. The molecule has 0 aromatic carbocycles. The van der Waals surface area contributed by atoms with E-state index in [1.165, 1.54) is 12.8 Å². The van der Waals surface area contributed by atoms with Crippen molar-refractivity contribution >= 4 is 17.7 Å². The molecule has 1 aromatic heterocycles. The van der Waals surface area contributed by atoms with Crippen molar-refractivity contribution in [1.82, 2.24) is 9.88 Å². The standard InChI is InChI=1S/C17H26N2O3S/c1-3-23-14-7-4-5-10-19(13-14)17(20)15-8-6-9-18-16(15)22-12-11-21-2/h6,8-9,14H,3-5,7,10-13H2,1-2H3. The smallest absolute Gasteiger partial charge is 0.259 e. The summed E-state index contributed by atoms with van der Waals surface area (Å²) in [6, 6.07) is 3.58. The molecule has 2 rings (SSSR count). The van der Waals surface area contributed by atoms with E-state index in [2.05, 4.69) is 11.9 Å². The first-order valence-electron chi connectivity index (χ1n) is 8.24. The summed E-state index contributed by atoms with van der Waals surface area (Å²) >= 11 is 1.95. The van der Waals surface area contributed by atoms with Crippen LogP contribution in [0.15, 0.2) is 18.3 Å². The lowest BCUT2D eigenvalue weighted by atomic mass is 10.2. The second-order valence-electron chi connectivity index (χ2n) is 5.52. The summed E-state index contributed by atoms with van der Waals surface area (Å²) in [5.74, 6) is 1.51. The molecule has 128 valence electrons. The Bertz CT molecular complexity index is 498. The van der Waals surface area contributed by atoms with Gasteiger partial charge >= 0.3 is 0 Å². The third-order valence-electron chi connectivity index (χ3n) is 3.85. The number of carbonyl (C=O) groups excluding carboxylic acids is 1. The summed E-state index contributed by atoms with van der Waals surface area (Å²) in [5, 5.41) is 0.529. The summed E-state index contributed by atoms with van der Waals surface area (Å²) < 4.78 is 10.6. The van der Waals surface area contributed by atoms with Crippen LogP contribution < -0.4 is 4.74 Å². The average molecular weight is 338 g/mol. The van der Waals surface area contributed by atoms with E-state index in [-0.39, 0.29) is 5.91 Å². The van der Waals surface area contributed by atoms with Gasteiger partial charge in [-0.2, -0.15) is 11.8 Å². The highest BCUT2D eigenvalue weighted by Gasteiger charge is 2.25. The Labute approximate surface area is 142 Å². The predicted molar refractivity (Wildman–Crippen MR) is 93.3 cm³/mol. The van der Waals surface area contributed by atoms with Crippen LogP contribution in [0.5, 0.6) is 5.88 Å². The van der Waals surface area contributed by atoms with Gasteiger partial charge in [0.05, 0.1) is 6.61 Å². The van der Waals surface area contributed by atoms with Crippen molar-refractivity contribution in [3.05, 3.63) is 23.9 Å². The lowest BCUT2D eigenvalue weighted by Crippen LogP contribution is -2.36. The Morgan fingerprint density at radius 3 is 3.09 bits per heavy atom. The molecule has 1 atom stereocenters. The molecule has 0 radical (unpaired) electrons. The molecule has 1 fully saturated rings. The molecule has 0 spiro atoms. The van der Waals surface area contributed by atoms with Crippen LogP contribution in [0.2, 0.25) is 0 Å². The maximum atomic E-state index is 12.9. The van der Waals surface area contributed by atoms with Crippen molar-refractivity contribution in [3.8, 4) is 5.88 Å². The molecule has 2 heterocycles. The average Bonchev–Trinajstić information content (AvgIpc) is 2.81. The fraction of sp³-hybridized carbons (Fsp3) is 0.647. The van der Waals surface area contributed by atoms with Gasteiger partial charge < -0.3 is 14.4 Å². The number of pyridine rings is 1. The maximum absolute atomic E-state index is 12.9. The van der Waals surface area contributed by atoms with E-state index in [9.17, 15) is 4.79 Å². The molecular weight excluding hydrogens is 312 g/mol. The summed E-state index contributed by atoms with van der Waals surface area (Å²) in [4.78, 5) is 19.1. The number of amides is 1. The minimum Gasteiger partial charge on any atom is -0.475 e. The van der Waals surface area contributed by atoms with E-state index in [4.69, 9.17) is 9.47 Å². The largest absolute Gasteiger partial charge is 0.475 e. The van der Waals surface area contributed by atoms with Gasteiger partial charge in [-0.3, -0.25) is 4.79 Å². The summed E-state index contributed by atoms with van der Waals surface area (Å²) in [5.41, 5.74) is 0.547. The quantitative estimate of drug-likeness (QED) is 0.716. The number of likely N-dealkylation sites (tertiary alicyclic amines) is 1. The highest BCUT2D eigenvalue weighted by molar-refractivity contribution is 7.99. The van der Waals surface area contributed by atoms with Crippen molar-refractivity contribution in [2.75, 3.05) is 39.2 Å². The zero-order valence-corrected chi connectivity index (χ0v) is 14.8. The van der Waals surface area contributed by atoms with Gasteiger partial charge in [0.25, 0.3) is 5.91 Å². The summed E-state index contributed by atoms with van der Waals surface area (Å²) in [6.45, 7) is 4.66. The lowest BCUT2D eigenvalue weighted by molar-refractivity contribution is 0.0754. The van der Waals surface area contributed by atoms with Crippen molar-refractivity contribution in [3.63, 3.8) is 0 Å². The molecule has 6 heteroatoms. The number of nitrogens with zero attached hydrogens (tertiary/aromatic N) is 2. The molecule has 23 heavy (non-hydrogen) atoms. The highest BCUT2D eigenvalue weighted by atomic mass is 32.2. The van der Waals surface area contributed by atoms with Gasteiger partial charge in [0.2, 0.25) is 5.88 Å². The number of hydrogen-bond donors (Lipinski definition) is 0. The number of thioether (sulfide) groups is 1. The number of ether oxygens (including phenoxy) is 2. The fourth-order valence-corrected chi connectivity index (χ4v) is 3.81. The molecule has 5 nitrogen and oxygen atoms in total. The van der Waals surface area contributed by atoms with Crippen LogP contribution in [0.1, 0.15) is 36.5 Å².